The van der Waals surface area contributed by atoms with Gasteiger partial charge in [0.1, 0.15) is 18.9 Å². The molecule has 2 aliphatic heterocycles. The monoisotopic (exact) mass is 490 g/mol. The van der Waals surface area contributed by atoms with Crippen molar-refractivity contribution >= 4 is 34.9 Å². The van der Waals surface area contributed by atoms with Crippen LogP contribution in [0.5, 0.6) is 11.5 Å². The lowest BCUT2D eigenvalue weighted by molar-refractivity contribution is -0.141. The molecule has 0 saturated heterocycles. The molecule has 0 saturated carbocycles. The Morgan fingerprint density at radius 2 is 1.89 bits per heavy atom. The zero-order valence-corrected chi connectivity index (χ0v) is 20.2. The molecule has 2 aromatic carbocycles. The number of aryl methyl sites for hydroxylation is 2. The van der Waals surface area contributed by atoms with E-state index in [1.54, 1.807) is 18.2 Å². The number of carbonyl (C=O) groups is 3. The minimum absolute atomic E-state index is 0.0613. The molecule has 0 aromatic heterocycles. The van der Waals surface area contributed by atoms with Gasteiger partial charge in [0.05, 0.1) is 18.2 Å². The summed E-state index contributed by atoms with van der Waals surface area (Å²) in [6.07, 6.45) is 0.308. The third kappa shape index (κ3) is 5.46. The molecule has 2 aliphatic rings. The van der Waals surface area contributed by atoms with Crippen molar-refractivity contribution in [1.29, 1.82) is 5.26 Å². The lowest BCUT2D eigenvalue weighted by Crippen LogP contribution is -2.38. The van der Waals surface area contributed by atoms with Gasteiger partial charge in [-0.05, 0) is 43.2 Å². The van der Waals surface area contributed by atoms with Gasteiger partial charge in [-0.15, -0.1) is 0 Å². The van der Waals surface area contributed by atoms with Crippen LogP contribution in [0.1, 0.15) is 30.4 Å². The fraction of sp³-hybridized carbons (Fsp3) is 0.346. The molecule has 2 aromatic rings. The Kier molecular flexibility index (Phi) is 7.49. The van der Waals surface area contributed by atoms with E-state index < -0.39 is 18.5 Å². The number of fused-ring (bicyclic) bond motifs is 1. The maximum atomic E-state index is 13.0. The van der Waals surface area contributed by atoms with E-state index in [9.17, 15) is 14.4 Å². The number of nitrogens with zero attached hydrogens (tertiary/aromatic N) is 4. The van der Waals surface area contributed by atoms with Crippen molar-refractivity contribution in [3.8, 4) is 17.6 Å². The van der Waals surface area contributed by atoms with Crippen LogP contribution in [0.25, 0.3) is 0 Å². The molecule has 10 heteroatoms. The zero-order valence-electron chi connectivity index (χ0n) is 20.2. The minimum Gasteiger partial charge on any atom is -0.486 e. The molecular formula is C26H26N4O6. The number of rotatable bonds is 7. The summed E-state index contributed by atoms with van der Waals surface area (Å²) in [5.41, 5.74) is 2.95. The van der Waals surface area contributed by atoms with Crippen LogP contribution in [0.2, 0.25) is 0 Å². The van der Waals surface area contributed by atoms with Crippen molar-refractivity contribution in [1.82, 2.24) is 0 Å². The summed E-state index contributed by atoms with van der Waals surface area (Å²) in [7, 11) is 0. The smallest absolute Gasteiger partial charge is 0.355 e. The summed E-state index contributed by atoms with van der Waals surface area (Å²) >= 11 is 0. The van der Waals surface area contributed by atoms with Crippen molar-refractivity contribution in [3.05, 3.63) is 47.5 Å². The van der Waals surface area contributed by atoms with Gasteiger partial charge in [0, 0.05) is 31.1 Å². The normalized spacial score (nSPS) is 14.5. The minimum atomic E-state index is -0.770. The first-order chi connectivity index (χ1) is 17.4. The van der Waals surface area contributed by atoms with Crippen LogP contribution in [0.3, 0.4) is 0 Å². The van der Waals surface area contributed by atoms with Crippen molar-refractivity contribution in [2.45, 2.75) is 33.1 Å². The molecule has 36 heavy (non-hydrogen) atoms. The van der Waals surface area contributed by atoms with Gasteiger partial charge in [0.25, 0.3) is 5.91 Å². The van der Waals surface area contributed by atoms with Gasteiger partial charge in [-0.1, -0.05) is 12.1 Å². The first-order valence-electron chi connectivity index (χ1n) is 11.6. The molecule has 0 bridgehead atoms. The summed E-state index contributed by atoms with van der Waals surface area (Å²) in [6.45, 7) is 4.16. The van der Waals surface area contributed by atoms with Crippen molar-refractivity contribution < 1.29 is 28.6 Å². The van der Waals surface area contributed by atoms with E-state index in [-0.39, 0.29) is 37.4 Å². The number of nitriles is 1. The molecular weight excluding hydrogens is 464 g/mol. The number of anilines is 2. The fourth-order valence-corrected chi connectivity index (χ4v) is 3.88. The highest BCUT2D eigenvalue weighted by Crippen LogP contribution is 2.34. The van der Waals surface area contributed by atoms with Gasteiger partial charge < -0.3 is 19.1 Å². The third-order valence-corrected chi connectivity index (χ3v) is 5.77. The first kappa shape index (κ1) is 24.7. The first-order valence-corrected chi connectivity index (χ1v) is 11.6. The predicted molar refractivity (Wildman–Crippen MR) is 131 cm³/mol. The Hall–Kier alpha value is -4.39. The number of esters is 1. The second-order valence-electron chi connectivity index (χ2n) is 8.40. The Morgan fingerprint density at radius 3 is 2.67 bits per heavy atom. The number of hydrogen-bond acceptors (Lipinski definition) is 8. The molecule has 0 radical (unpaired) electrons. The van der Waals surface area contributed by atoms with Crippen LogP contribution >= 0.6 is 0 Å². The van der Waals surface area contributed by atoms with Gasteiger partial charge in [0.2, 0.25) is 5.91 Å². The van der Waals surface area contributed by atoms with E-state index in [1.165, 1.54) is 9.91 Å². The Morgan fingerprint density at radius 1 is 1.11 bits per heavy atom. The topological polar surface area (TPSA) is 122 Å². The number of ether oxygens (including phenoxy) is 3. The largest absolute Gasteiger partial charge is 0.486 e. The highest BCUT2D eigenvalue weighted by Gasteiger charge is 2.28. The van der Waals surface area contributed by atoms with Crippen LogP contribution in [-0.2, 0) is 19.1 Å². The summed E-state index contributed by atoms with van der Waals surface area (Å²) in [4.78, 5) is 39.6. The fourth-order valence-electron chi connectivity index (χ4n) is 3.88. The lowest BCUT2D eigenvalue weighted by Gasteiger charge is -2.25. The molecule has 0 aliphatic carbocycles. The van der Waals surface area contributed by atoms with Gasteiger partial charge >= 0.3 is 5.97 Å². The summed E-state index contributed by atoms with van der Waals surface area (Å²) < 4.78 is 16.4. The number of carbonyl (C=O) groups excluding carboxylic acids is 3. The second-order valence-corrected chi connectivity index (χ2v) is 8.40. The highest BCUT2D eigenvalue weighted by molar-refractivity contribution is 6.38. The SMILES string of the molecule is Cc1ccc(C)c(N2N=C(C(=O)OCC(=O)N(CCC#N)c3ccc4c(c3)OCCO4)CCC2=O)c1. The average Bonchev–Trinajstić information content (AvgIpc) is 2.89. The number of hydrogen-bond donors (Lipinski definition) is 0. The van der Waals surface area contributed by atoms with Crippen LogP contribution in [0, 0.1) is 25.2 Å². The van der Waals surface area contributed by atoms with Gasteiger partial charge in [-0.25, -0.2) is 4.79 Å². The van der Waals surface area contributed by atoms with Gasteiger partial charge in [0.15, 0.2) is 18.1 Å². The zero-order chi connectivity index (χ0) is 25.7. The van der Waals surface area contributed by atoms with Crippen LogP contribution in [0.4, 0.5) is 11.4 Å². The Balaban J connectivity index is 1.47. The summed E-state index contributed by atoms with van der Waals surface area (Å²) in [5, 5.41) is 14.5. The summed E-state index contributed by atoms with van der Waals surface area (Å²) in [5.74, 6) is -0.430. The molecule has 2 heterocycles. The maximum Gasteiger partial charge on any atom is 0.355 e. The van der Waals surface area contributed by atoms with E-state index in [1.807, 2.05) is 38.1 Å². The van der Waals surface area contributed by atoms with Gasteiger partial charge in [-0.3, -0.25) is 9.59 Å². The van der Waals surface area contributed by atoms with Crippen LogP contribution in [0.15, 0.2) is 41.5 Å². The van der Waals surface area contributed by atoms with E-state index in [4.69, 9.17) is 19.5 Å². The standard InChI is InChI=1S/C26H26N4O6/c1-17-4-5-18(2)21(14-17)30-24(31)9-7-20(28-30)26(33)36-16-25(32)29(11-3-10-27)19-6-8-22-23(15-19)35-13-12-34-22/h4-6,8,14-15H,3,7,9,11-13,16H2,1-2H3. The highest BCUT2D eigenvalue weighted by atomic mass is 16.6. The molecule has 0 atom stereocenters. The average molecular weight is 491 g/mol. The molecule has 2 amide bonds. The predicted octanol–water partition coefficient (Wildman–Crippen LogP) is 3.05. The second kappa shape index (κ2) is 10.9. The Labute approximate surface area is 208 Å². The van der Waals surface area contributed by atoms with Crippen molar-refractivity contribution in [3.63, 3.8) is 0 Å². The Bertz CT molecular complexity index is 1270. The third-order valence-electron chi connectivity index (χ3n) is 5.77. The van der Waals surface area contributed by atoms with E-state index >= 15 is 0 Å². The quantitative estimate of drug-likeness (QED) is 0.547. The molecule has 4 rings (SSSR count). The maximum absolute atomic E-state index is 13.0. The van der Waals surface area contributed by atoms with E-state index in [2.05, 4.69) is 5.10 Å². The van der Waals surface area contributed by atoms with Crippen molar-refractivity contribution in [2.75, 3.05) is 36.3 Å². The van der Waals surface area contributed by atoms with E-state index in [0.29, 0.717) is 36.1 Å². The molecule has 0 N–H and O–H groups in total. The van der Waals surface area contributed by atoms with Crippen molar-refractivity contribution in [2.24, 2.45) is 5.10 Å². The molecule has 0 spiro atoms. The summed E-state index contributed by atoms with van der Waals surface area (Å²) in [6, 6.07) is 12.7. The van der Waals surface area contributed by atoms with Crippen LogP contribution in [-0.4, -0.2) is 49.9 Å². The number of benzene rings is 2. The van der Waals surface area contributed by atoms with E-state index in [0.717, 1.165) is 11.1 Å². The number of amides is 2. The van der Waals surface area contributed by atoms with Gasteiger partial charge in [-0.2, -0.15) is 15.4 Å². The molecule has 0 fully saturated rings. The molecule has 0 unspecified atom stereocenters. The molecule has 186 valence electrons. The van der Waals surface area contributed by atoms with Crippen LogP contribution < -0.4 is 19.4 Å². The lowest BCUT2D eigenvalue weighted by atomic mass is 10.1. The number of hydrazone groups is 1. The molecule has 10 nitrogen and oxygen atoms in total.